The third-order valence-corrected chi connectivity index (χ3v) is 4.84. The lowest BCUT2D eigenvalue weighted by Gasteiger charge is -2.31. The maximum atomic E-state index is 12.5. The molecule has 3 heterocycles. The van der Waals surface area contributed by atoms with Crippen molar-refractivity contribution in [3.8, 4) is 0 Å². The van der Waals surface area contributed by atoms with Gasteiger partial charge in [-0.1, -0.05) is 0 Å². The quantitative estimate of drug-likeness (QED) is 0.887. The number of piperidine rings is 1. The van der Waals surface area contributed by atoms with Gasteiger partial charge in [-0.25, -0.2) is 4.98 Å². The molecule has 1 saturated heterocycles. The predicted octanol–water partition coefficient (Wildman–Crippen LogP) is 2.69. The molecule has 0 unspecified atom stereocenters. The monoisotopic (exact) mass is 303 g/mol. The van der Waals surface area contributed by atoms with Crippen molar-refractivity contribution >= 4 is 23.0 Å². The molecular formula is C15H17N3O2S. The summed E-state index contributed by atoms with van der Waals surface area (Å²) in [5.74, 6) is 1.23. The normalized spacial score (nSPS) is 18.7. The van der Waals surface area contributed by atoms with Crippen LogP contribution in [0.3, 0.4) is 0 Å². The molecule has 2 aromatic heterocycles. The number of thiophene rings is 1. The molecule has 110 valence electrons. The molecule has 5 nitrogen and oxygen atoms in total. The van der Waals surface area contributed by atoms with Crippen molar-refractivity contribution in [1.82, 2.24) is 14.9 Å². The smallest absolute Gasteiger partial charge is 0.254 e. The number of hydrogen-bond donors (Lipinski definition) is 1. The van der Waals surface area contributed by atoms with Crippen molar-refractivity contribution in [3.63, 3.8) is 0 Å². The topological polar surface area (TPSA) is 66.1 Å². The van der Waals surface area contributed by atoms with Gasteiger partial charge in [0, 0.05) is 36.8 Å². The van der Waals surface area contributed by atoms with Crippen LogP contribution >= 0.6 is 11.3 Å². The van der Waals surface area contributed by atoms with Gasteiger partial charge < -0.3 is 9.88 Å². The van der Waals surface area contributed by atoms with Crippen LogP contribution in [0.1, 0.15) is 51.5 Å². The second-order valence-corrected chi connectivity index (χ2v) is 6.23. The van der Waals surface area contributed by atoms with Crippen LogP contribution < -0.4 is 0 Å². The highest BCUT2D eigenvalue weighted by Gasteiger charge is 2.27. The van der Waals surface area contributed by atoms with E-state index in [1.807, 2.05) is 11.1 Å². The van der Waals surface area contributed by atoms with Crippen LogP contribution in [0, 0.1) is 0 Å². The van der Waals surface area contributed by atoms with Crippen LogP contribution in [-0.4, -0.2) is 39.6 Å². The third-order valence-electron chi connectivity index (χ3n) is 3.81. The highest BCUT2D eigenvalue weighted by molar-refractivity contribution is 7.12. The van der Waals surface area contributed by atoms with E-state index in [1.54, 1.807) is 17.6 Å². The number of likely N-dealkylation sites (tertiary alicyclic amines) is 1. The zero-order chi connectivity index (χ0) is 14.8. The van der Waals surface area contributed by atoms with Crippen LogP contribution in [-0.2, 0) is 0 Å². The number of carbonyl (C=O) groups is 2. The van der Waals surface area contributed by atoms with Crippen molar-refractivity contribution in [2.75, 3.05) is 13.1 Å². The molecule has 1 N–H and O–H groups in total. The van der Waals surface area contributed by atoms with Crippen LogP contribution in [0.4, 0.5) is 0 Å². The Labute approximate surface area is 127 Å². The summed E-state index contributed by atoms with van der Waals surface area (Å²) in [6, 6.07) is 1.70. The van der Waals surface area contributed by atoms with Gasteiger partial charge in [0.25, 0.3) is 5.91 Å². The summed E-state index contributed by atoms with van der Waals surface area (Å²) in [5, 5.41) is 1.77. The molecule has 1 atom stereocenters. The largest absolute Gasteiger partial charge is 0.348 e. The van der Waals surface area contributed by atoms with E-state index in [-0.39, 0.29) is 17.6 Å². The minimum Gasteiger partial charge on any atom is -0.348 e. The van der Waals surface area contributed by atoms with Crippen LogP contribution in [0.15, 0.2) is 23.8 Å². The van der Waals surface area contributed by atoms with Crippen molar-refractivity contribution in [2.24, 2.45) is 0 Å². The number of carbonyl (C=O) groups excluding carboxylic acids is 2. The van der Waals surface area contributed by atoms with Crippen molar-refractivity contribution in [2.45, 2.75) is 25.7 Å². The van der Waals surface area contributed by atoms with E-state index in [4.69, 9.17) is 0 Å². The number of ketones is 1. The average Bonchev–Trinajstić information content (AvgIpc) is 3.18. The first kappa shape index (κ1) is 14.0. The van der Waals surface area contributed by atoms with E-state index in [2.05, 4.69) is 9.97 Å². The minimum absolute atomic E-state index is 0.00570. The first-order valence-corrected chi connectivity index (χ1v) is 7.91. The van der Waals surface area contributed by atoms with Crippen LogP contribution in [0.25, 0.3) is 0 Å². The summed E-state index contributed by atoms with van der Waals surface area (Å²) in [7, 11) is 0. The van der Waals surface area contributed by atoms with E-state index in [0.29, 0.717) is 17.0 Å². The lowest BCUT2D eigenvalue weighted by molar-refractivity contribution is 0.0705. The Morgan fingerprint density at radius 1 is 1.48 bits per heavy atom. The molecule has 0 bridgehead atoms. The molecule has 6 heteroatoms. The Morgan fingerprint density at radius 2 is 2.33 bits per heavy atom. The van der Waals surface area contributed by atoms with Gasteiger partial charge in [-0.3, -0.25) is 9.59 Å². The third kappa shape index (κ3) is 2.90. The summed E-state index contributed by atoms with van der Waals surface area (Å²) < 4.78 is 0. The number of nitrogens with zero attached hydrogens (tertiary/aromatic N) is 2. The van der Waals surface area contributed by atoms with Gasteiger partial charge in [-0.15, -0.1) is 11.3 Å². The maximum absolute atomic E-state index is 12.5. The van der Waals surface area contributed by atoms with Crippen LogP contribution in [0.5, 0.6) is 0 Å². The maximum Gasteiger partial charge on any atom is 0.254 e. The molecule has 0 saturated carbocycles. The number of hydrogen-bond acceptors (Lipinski definition) is 4. The van der Waals surface area contributed by atoms with Gasteiger partial charge in [0.05, 0.1) is 10.4 Å². The van der Waals surface area contributed by atoms with Gasteiger partial charge in [0.2, 0.25) is 0 Å². The van der Waals surface area contributed by atoms with E-state index < -0.39 is 0 Å². The number of Topliss-reactive ketones (excluding diaryl/α,β-unsaturated/α-hetero) is 1. The second-order valence-electron chi connectivity index (χ2n) is 5.32. The Balaban J connectivity index is 1.73. The summed E-state index contributed by atoms with van der Waals surface area (Å²) in [4.78, 5) is 33.8. The zero-order valence-electron chi connectivity index (χ0n) is 11.8. The van der Waals surface area contributed by atoms with Crippen molar-refractivity contribution < 1.29 is 9.59 Å². The molecule has 0 aliphatic carbocycles. The molecule has 1 aliphatic heterocycles. The molecule has 1 aliphatic rings. The Morgan fingerprint density at radius 3 is 3.00 bits per heavy atom. The second kappa shape index (κ2) is 5.81. The molecule has 0 aromatic carbocycles. The van der Waals surface area contributed by atoms with Gasteiger partial charge in [0.1, 0.15) is 5.82 Å². The SMILES string of the molecule is CC(=O)c1cc(C(=O)N2CCC[C@H](c3ncc[nH]3)C2)cs1. The molecule has 21 heavy (non-hydrogen) atoms. The zero-order valence-corrected chi connectivity index (χ0v) is 12.7. The molecule has 2 aromatic rings. The fourth-order valence-corrected chi connectivity index (χ4v) is 3.48. The van der Waals surface area contributed by atoms with Crippen molar-refractivity contribution in [1.29, 1.82) is 0 Å². The van der Waals surface area contributed by atoms with E-state index >= 15 is 0 Å². The van der Waals surface area contributed by atoms with Gasteiger partial charge in [0.15, 0.2) is 5.78 Å². The van der Waals surface area contributed by atoms with Crippen LogP contribution in [0.2, 0.25) is 0 Å². The highest BCUT2D eigenvalue weighted by Crippen LogP contribution is 2.26. The molecule has 1 amide bonds. The average molecular weight is 303 g/mol. The lowest BCUT2D eigenvalue weighted by atomic mass is 9.97. The summed E-state index contributed by atoms with van der Waals surface area (Å²) in [6.45, 7) is 2.97. The molecule has 1 fully saturated rings. The minimum atomic E-state index is 0.00570. The Bertz CT molecular complexity index is 648. The Hall–Kier alpha value is -1.95. The van der Waals surface area contributed by atoms with Gasteiger partial charge in [-0.2, -0.15) is 0 Å². The van der Waals surface area contributed by atoms with Gasteiger partial charge >= 0.3 is 0 Å². The number of aromatic nitrogens is 2. The Kier molecular flexibility index (Phi) is 3.88. The molecule has 0 spiro atoms. The van der Waals surface area contributed by atoms with E-state index in [1.165, 1.54) is 18.3 Å². The van der Waals surface area contributed by atoms with Gasteiger partial charge in [-0.05, 0) is 25.8 Å². The molecule has 0 radical (unpaired) electrons. The number of rotatable bonds is 3. The summed E-state index contributed by atoms with van der Waals surface area (Å²) in [5.41, 5.74) is 0.616. The molecular weight excluding hydrogens is 286 g/mol. The fraction of sp³-hybridized carbons (Fsp3) is 0.400. The van der Waals surface area contributed by atoms with E-state index in [9.17, 15) is 9.59 Å². The molecule has 3 rings (SSSR count). The van der Waals surface area contributed by atoms with Crippen molar-refractivity contribution in [3.05, 3.63) is 40.1 Å². The number of nitrogens with one attached hydrogen (secondary N) is 1. The van der Waals surface area contributed by atoms with E-state index in [0.717, 1.165) is 25.2 Å². The number of imidazole rings is 1. The number of amides is 1. The first-order chi connectivity index (χ1) is 10.1. The number of aromatic amines is 1. The number of H-pyrrole nitrogens is 1. The highest BCUT2D eigenvalue weighted by atomic mass is 32.1. The predicted molar refractivity (Wildman–Crippen MR) is 80.8 cm³/mol. The lowest BCUT2D eigenvalue weighted by Crippen LogP contribution is -2.39. The summed E-state index contributed by atoms with van der Waals surface area (Å²) >= 11 is 1.33. The summed E-state index contributed by atoms with van der Waals surface area (Å²) in [6.07, 6.45) is 5.57. The first-order valence-electron chi connectivity index (χ1n) is 7.03. The standard InChI is InChI=1S/C15H17N3O2S/c1-10(19)13-7-12(9-21-13)15(20)18-6-2-3-11(8-18)14-16-4-5-17-14/h4-5,7,9,11H,2-3,6,8H2,1H3,(H,16,17)/t11-/m0/s1. The fourth-order valence-electron chi connectivity index (χ4n) is 2.70.